The van der Waals surface area contributed by atoms with E-state index in [1.165, 1.54) is 0 Å². The van der Waals surface area contributed by atoms with E-state index < -0.39 is 0 Å². The third kappa shape index (κ3) is 3.44. The molecule has 0 unspecified atom stereocenters. The third-order valence-electron chi connectivity index (χ3n) is 4.68. The molecule has 136 valence electrons. The highest BCUT2D eigenvalue weighted by Crippen LogP contribution is 2.35. The number of aromatic nitrogens is 3. The van der Waals surface area contributed by atoms with E-state index >= 15 is 0 Å². The molecule has 2 aromatic heterocycles. The molecule has 3 N–H and O–H groups in total. The average Bonchev–Trinajstić information content (AvgIpc) is 2.98. The molecule has 3 aromatic rings. The average molecular weight is 437 g/mol. The van der Waals surface area contributed by atoms with Crippen LogP contribution in [0.5, 0.6) is 0 Å². The Morgan fingerprint density at radius 3 is 2.92 bits per heavy atom. The zero-order valence-electron chi connectivity index (χ0n) is 14.0. The molecule has 6 nitrogen and oxygen atoms in total. The number of benzene rings is 1. The zero-order valence-corrected chi connectivity index (χ0v) is 16.4. The van der Waals surface area contributed by atoms with Crippen molar-refractivity contribution in [2.75, 3.05) is 18.5 Å². The highest BCUT2D eigenvalue weighted by atomic mass is 79.9. The standard InChI is InChI=1S/C18H19BrClN5O/c19-16-13(12-6-7-26-10-14(12)21)8-15-17(23-18(20)24-25(15)16)22-9-11-4-2-1-3-5-11/h1-5,8,12,14H,6-7,9-10,21H2,(H,22,23,24)/t12-,14+/m1/s1. The third-order valence-corrected chi connectivity index (χ3v) is 5.63. The van der Waals surface area contributed by atoms with E-state index in [-0.39, 0.29) is 17.2 Å². The summed E-state index contributed by atoms with van der Waals surface area (Å²) in [6, 6.07) is 12.2. The van der Waals surface area contributed by atoms with Gasteiger partial charge in [0.05, 0.1) is 6.61 Å². The molecule has 0 aliphatic carbocycles. The van der Waals surface area contributed by atoms with Crippen LogP contribution in [0.4, 0.5) is 5.82 Å². The highest BCUT2D eigenvalue weighted by Gasteiger charge is 2.28. The second-order valence-electron chi connectivity index (χ2n) is 6.39. The summed E-state index contributed by atoms with van der Waals surface area (Å²) in [5.74, 6) is 0.905. The predicted octanol–water partition coefficient (Wildman–Crippen LogP) is 3.59. The number of rotatable bonds is 4. The van der Waals surface area contributed by atoms with Gasteiger partial charge in [0.25, 0.3) is 0 Å². The maximum absolute atomic E-state index is 6.27. The first-order chi connectivity index (χ1) is 12.6. The van der Waals surface area contributed by atoms with Crippen LogP contribution in [0.25, 0.3) is 5.52 Å². The number of anilines is 1. The summed E-state index contributed by atoms with van der Waals surface area (Å²) in [6.07, 6.45) is 0.880. The van der Waals surface area contributed by atoms with Crippen molar-refractivity contribution in [2.45, 2.75) is 24.9 Å². The Morgan fingerprint density at radius 2 is 2.15 bits per heavy atom. The van der Waals surface area contributed by atoms with Crippen molar-refractivity contribution in [1.82, 2.24) is 14.6 Å². The van der Waals surface area contributed by atoms with Gasteiger partial charge in [0.15, 0.2) is 5.82 Å². The minimum absolute atomic E-state index is 0.0402. The highest BCUT2D eigenvalue weighted by molar-refractivity contribution is 9.10. The van der Waals surface area contributed by atoms with Gasteiger partial charge in [-0.3, -0.25) is 0 Å². The predicted molar refractivity (Wildman–Crippen MR) is 106 cm³/mol. The SMILES string of the molecule is N[C@H]1COCC[C@@H]1c1cc2c(NCc3ccccc3)nc(Cl)nn2c1Br. The van der Waals surface area contributed by atoms with Crippen LogP contribution in [-0.2, 0) is 11.3 Å². The smallest absolute Gasteiger partial charge is 0.243 e. The summed E-state index contributed by atoms with van der Waals surface area (Å²) in [7, 11) is 0. The van der Waals surface area contributed by atoms with Crippen molar-refractivity contribution in [2.24, 2.45) is 5.73 Å². The molecule has 2 atom stereocenters. The van der Waals surface area contributed by atoms with Crippen LogP contribution < -0.4 is 11.1 Å². The van der Waals surface area contributed by atoms with Gasteiger partial charge in [-0.15, -0.1) is 5.10 Å². The minimum Gasteiger partial charge on any atom is -0.380 e. The van der Waals surface area contributed by atoms with Gasteiger partial charge < -0.3 is 15.8 Å². The Labute approximate surface area is 164 Å². The Balaban J connectivity index is 1.70. The summed E-state index contributed by atoms with van der Waals surface area (Å²) < 4.78 is 8.11. The van der Waals surface area contributed by atoms with E-state index in [0.29, 0.717) is 25.6 Å². The van der Waals surface area contributed by atoms with Gasteiger partial charge in [-0.05, 0) is 51.1 Å². The number of nitrogens with zero attached hydrogens (tertiary/aromatic N) is 3. The Bertz CT molecular complexity index is 917. The molecule has 0 radical (unpaired) electrons. The fourth-order valence-corrected chi connectivity index (χ4v) is 4.17. The number of nitrogens with two attached hydrogens (primary N) is 1. The molecule has 1 aliphatic heterocycles. The number of fused-ring (bicyclic) bond motifs is 1. The molecule has 0 amide bonds. The molecule has 0 spiro atoms. The normalized spacial score (nSPS) is 20.4. The van der Waals surface area contributed by atoms with Crippen molar-refractivity contribution in [1.29, 1.82) is 0 Å². The molecule has 26 heavy (non-hydrogen) atoms. The number of halogens is 2. The first kappa shape index (κ1) is 17.7. The van der Waals surface area contributed by atoms with E-state index in [1.54, 1.807) is 4.52 Å². The Hall–Kier alpha value is -1.67. The van der Waals surface area contributed by atoms with Gasteiger partial charge >= 0.3 is 0 Å². The molecule has 0 bridgehead atoms. The molecule has 8 heteroatoms. The first-order valence-corrected chi connectivity index (χ1v) is 9.66. The summed E-state index contributed by atoms with van der Waals surface area (Å²) in [4.78, 5) is 4.38. The first-order valence-electron chi connectivity index (χ1n) is 8.49. The van der Waals surface area contributed by atoms with Crippen molar-refractivity contribution in [3.63, 3.8) is 0 Å². The topological polar surface area (TPSA) is 77.5 Å². The van der Waals surface area contributed by atoms with Gasteiger partial charge in [0.2, 0.25) is 5.28 Å². The summed E-state index contributed by atoms with van der Waals surface area (Å²) in [5, 5.41) is 7.90. The lowest BCUT2D eigenvalue weighted by Crippen LogP contribution is -2.38. The Kier molecular flexibility index (Phi) is 5.13. The molecule has 4 rings (SSSR count). The minimum atomic E-state index is -0.0402. The number of nitrogens with one attached hydrogen (secondary N) is 1. The van der Waals surface area contributed by atoms with Gasteiger partial charge in [-0.25, -0.2) is 4.52 Å². The molecule has 1 aromatic carbocycles. The molecule has 1 saturated heterocycles. The van der Waals surface area contributed by atoms with Gasteiger partial charge in [0, 0.05) is 25.1 Å². The molecular weight excluding hydrogens is 418 g/mol. The van der Waals surface area contributed by atoms with Crippen LogP contribution in [0.15, 0.2) is 41.0 Å². The molecule has 3 heterocycles. The van der Waals surface area contributed by atoms with Crippen molar-refractivity contribution in [3.05, 3.63) is 57.4 Å². The summed E-state index contributed by atoms with van der Waals surface area (Å²) >= 11 is 9.82. The van der Waals surface area contributed by atoms with Crippen LogP contribution in [0.3, 0.4) is 0 Å². The lowest BCUT2D eigenvalue weighted by atomic mass is 9.90. The van der Waals surface area contributed by atoms with Crippen molar-refractivity contribution < 1.29 is 4.74 Å². The maximum Gasteiger partial charge on any atom is 0.243 e. The van der Waals surface area contributed by atoms with Crippen molar-refractivity contribution in [3.8, 4) is 0 Å². The van der Waals surface area contributed by atoms with Gasteiger partial charge in [0.1, 0.15) is 10.1 Å². The van der Waals surface area contributed by atoms with E-state index in [0.717, 1.165) is 27.7 Å². The molecular formula is C18H19BrClN5O. The lowest BCUT2D eigenvalue weighted by Gasteiger charge is -2.28. The second-order valence-corrected chi connectivity index (χ2v) is 7.48. The van der Waals surface area contributed by atoms with E-state index in [2.05, 4.69) is 49.5 Å². The van der Waals surface area contributed by atoms with Crippen LogP contribution in [0.2, 0.25) is 5.28 Å². The number of hydrogen-bond acceptors (Lipinski definition) is 5. The van der Waals surface area contributed by atoms with Gasteiger partial charge in [-0.2, -0.15) is 4.98 Å². The van der Waals surface area contributed by atoms with E-state index in [1.807, 2.05) is 18.2 Å². The molecule has 0 saturated carbocycles. The Morgan fingerprint density at radius 1 is 1.35 bits per heavy atom. The van der Waals surface area contributed by atoms with Crippen LogP contribution in [-0.4, -0.2) is 33.9 Å². The monoisotopic (exact) mass is 435 g/mol. The molecule has 1 aliphatic rings. The number of hydrogen-bond donors (Lipinski definition) is 2. The maximum atomic E-state index is 6.27. The fourth-order valence-electron chi connectivity index (χ4n) is 3.33. The quantitative estimate of drug-likeness (QED) is 0.653. The van der Waals surface area contributed by atoms with Crippen LogP contribution in [0.1, 0.15) is 23.5 Å². The summed E-state index contributed by atoms with van der Waals surface area (Å²) in [6.45, 7) is 1.93. The molecule has 1 fully saturated rings. The van der Waals surface area contributed by atoms with Crippen LogP contribution in [0, 0.1) is 0 Å². The fraction of sp³-hybridized carbons (Fsp3) is 0.333. The largest absolute Gasteiger partial charge is 0.380 e. The van der Waals surface area contributed by atoms with E-state index in [9.17, 15) is 0 Å². The van der Waals surface area contributed by atoms with Crippen LogP contribution >= 0.6 is 27.5 Å². The zero-order chi connectivity index (χ0) is 18.1. The number of ether oxygens (including phenoxy) is 1. The van der Waals surface area contributed by atoms with Gasteiger partial charge in [-0.1, -0.05) is 30.3 Å². The summed E-state index contributed by atoms with van der Waals surface area (Å²) in [5.41, 5.74) is 9.41. The lowest BCUT2D eigenvalue weighted by molar-refractivity contribution is 0.0695. The van der Waals surface area contributed by atoms with E-state index in [4.69, 9.17) is 22.1 Å². The van der Waals surface area contributed by atoms with Crippen molar-refractivity contribution >= 4 is 38.9 Å². The second kappa shape index (κ2) is 7.52.